The van der Waals surface area contributed by atoms with Gasteiger partial charge in [0.15, 0.2) is 17.5 Å². The summed E-state index contributed by atoms with van der Waals surface area (Å²) in [6.45, 7) is 0. The van der Waals surface area contributed by atoms with Gasteiger partial charge in [0, 0.05) is 47.6 Å². The highest BCUT2D eigenvalue weighted by molar-refractivity contribution is 7.26. The van der Waals surface area contributed by atoms with Crippen molar-refractivity contribution in [2.24, 2.45) is 0 Å². The van der Waals surface area contributed by atoms with Crippen LogP contribution in [0, 0.1) is 22.7 Å². The molecule has 0 N–H and O–H groups in total. The van der Waals surface area contributed by atoms with Crippen LogP contribution in [0.1, 0.15) is 11.1 Å². The Hall–Kier alpha value is -9.01. The lowest BCUT2D eigenvalue weighted by Crippen LogP contribution is -2.04. The number of nitrogens with zero attached hydrogens (tertiary/aromatic N) is 6. The van der Waals surface area contributed by atoms with Gasteiger partial charge in [-0.2, -0.15) is 10.5 Å². The maximum Gasteiger partial charge on any atom is 0.166 e. The highest BCUT2D eigenvalue weighted by Gasteiger charge is 2.22. The van der Waals surface area contributed by atoms with Crippen LogP contribution in [-0.4, -0.2) is 19.5 Å². The third kappa shape index (κ3) is 6.67. The van der Waals surface area contributed by atoms with Crippen LogP contribution in [0.15, 0.2) is 206 Å². The van der Waals surface area contributed by atoms with Crippen LogP contribution in [-0.2, 0) is 0 Å². The SMILES string of the molecule is N#Cc1ccc(-c2ccc3c(c2)c2cc(-c4ccc(C#N)cc4)ccc2n3-c2ccc(-c3cccc4c3sc3ccccc34)cc2-c2nc(-c3ccccc3)nc(-c3ccccc3)n2)cc1. The van der Waals surface area contributed by atoms with Crippen molar-refractivity contribution in [3.8, 4) is 85.4 Å². The first-order chi connectivity index (χ1) is 32.6. The number of hydrogen-bond acceptors (Lipinski definition) is 6. The molecule has 9 aromatic carbocycles. The molecule has 0 amide bonds. The summed E-state index contributed by atoms with van der Waals surface area (Å²) in [6.07, 6.45) is 0. The molecule has 0 aliphatic heterocycles. The van der Waals surface area contributed by atoms with Gasteiger partial charge in [-0.05, 0) is 100 Å². The Kier molecular flexibility index (Phi) is 9.35. The van der Waals surface area contributed by atoms with Gasteiger partial charge in [0.05, 0.1) is 40.0 Å². The predicted octanol–water partition coefficient (Wildman–Crippen LogP) is 15.1. The smallest absolute Gasteiger partial charge is 0.166 e. The molecule has 7 heteroatoms. The van der Waals surface area contributed by atoms with E-state index in [9.17, 15) is 10.5 Å². The number of fused-ring (bicyclic) bond motifs is 6. The summed E-state index contributed by atoms with van der Waals surface area (Å²) < 4.78 is 4.81. The zero-order valence-electron chi connectivity index (χ0n) is 35.2. The van der Waals surface area contributed by atoms with Crippen molar-refractivity contribution in [2.45, 2.75) is 0 Å². The number of aromatic nitrogens is 4. The first-order valence-corrected chi connectivity index (χ1v) is 22.4. The van der Waals surface area contributed by atoms with E-state index in [2.05, 4.69) is 114 Å². The largest absolute Gasteiger partial charge is 0.308 e. The highest BCUT2D eigenvalue weighted by Crippen LogP contribution is 2.44. The number of benzene rings is 9. The minimum Gasteiger partial charge on any atom is -0.308 e. The topological polar surface area (TPSA) is 91.2 Å². The molecular weight excluding hydrogens is 825 g/mol. The molecule has 12 aromatic rings. The van der Waals surface area contributed by atoms with E-state index in [4.69, 9.17) is 15.0 Å². The Morgan fingerprint density at radius 3 is 1.44 bits per heavy atom. The number of nitriles is 2. The molecule has 0 bridgehead atoms. The second kappa shape index (κ2) is 16.0. The summed E-state index contributed by atoms with van der Waals surface area (Å²) in [4.78, 5) is 15.7. The van der Waals surface area contributed by atoms with Crippen LogP contribution in [0.4, 0.5) is 0 Å². The first-order valence-electron chi connectivity index (χ1n) is 21.6. The van der Waals surface area contributed by atoms with Gasteiger partial charge in [-0.25, -0.2) is 15.0 Å². The standard InChI is InChI=1S/C59H34N6S/c60-35-37-18-22-39(23-19-37)43-26-29-52-49(32-43)50-33-44(40-24-20-38(36-61)21-25-40)27-30-53(50)65(52)54-31-28-45(46-15-9-16-48-47-14-7-8-17-55(47)66-56(46)48)34-51(54)59-63-57(41-10-3-1-4-11-41)62-58(64-59)42-12-5-2-6-13-42/h1-34H. The van der Waals surface area contributed by atoms with Gasteiger partial charge in [-0.1, -0.05) is 140 Å². The maximum absolute atomic E-state index is 9.55. The van der Waals surface area contributed by atoms with Crippen molar-refractivity contribution in [3.63, 3.8) is 0 Å². The van der Waals surface area contributed by atoms with E-state index in [1.54, 1.807) is 0 Å². The van der Waals surface area contributed by atoms with E-state index in [0.29, 0.717) is 28.6 Å². The van der Waals surface area contributed by atoms with Crippen molar-refractivity contribution in [1.82, 2.24) is 19.5 Å². The van der Waals surface area contributed by atoms with Gasteiger partial charge in [0.25, 0.3) is 0 Å². The Morgan fingerprint density at radius 1 is 0.364 bits per heavy atom. The number of thiophene rings is 1. The zero-order valence-corrected chi connectivity index (χ0v) is 36.0. The van der Waals surface area contributed by atoms with Gasteiger partial charge in [0.2, 0.25) is 0 Å². The molecule has 3 aromatic heterocycles. The van der Waals surface area contributed by atoms with Crippen LogP contribution >= 0.6 is 11.3 Å². The third-order valence-corrected chi connectivity index (χ3v) is 13.6. The molecule has 0 spiro atoms. The monoisotopic (exact) mass is 858 g/mol. The Morgan fingerprint density at radius 2 is 0.864 bits per heavy atom. The summed E-state index contributed by atoms with van der Waals surface area (Å²) in [5.74, 6) is 1.73. The van der Waals surface area contributed by atoms with Gasteiger partial charge in [-0.3, -0.25) is 0 Å². The lowest BCUT2D eigenvalue weighted by Gasteiger charge is -2.17. The molecule has 306 valence electrons. The fourth-order valence-corrected chi connectivity index (χ4v) is 10.3. The summed E-state index contributed by atoms with van der Waals surface area (Å²) in [6, 6.07) is 75.2. The molecule has 66 heavy (non-hydrogen) atoms. The average Bonchev–Trinajstić information content (AvgIpc) is 3.94. The van der Waals surface area contributed by atoms with Crippen LogP contribution in [0.2, 0.25) is 0 Å². The fraction of sp³-hybridized carbons (Fsp3) is 0. The fourth-order valence-electron chi connectivity index (χ4n) is 9.10. The second-order valence-electron chi connectivity index (χ2n) is 16.2. The molecule has 0 unspecified atom stereocenters. The van der Waals surface area contributed by atoms with Crippen LogP contribution in [0.25, 0.3) is 115 Å². The minimum atomic E-state index is 0.557. The van der Waals surface area contributed by atoms with E-state index in [-0.39, 0.29) is 0 Å². The van der Waals surface area contributed by atoms with Crippen LogP contribution in [0.3, 0.4) is 0 Å². The molecule has 0 aliphatic rings. The molecule has 0 aliphatic carbocycles. The molecule has 6 nitrogen and oxygen atoms in total. The molecule has 0 fully saturated rings. The van der Waals surface area contributed by atoms with Crippen molar-refractivity contribution < 1.29 is 0 Å². The van der Waals surface area contributed by atoms with E-state index < -0.39 is 0 Å². The number of rotatable bonds is 7. The molecule has 0 atom stereocenters. The van der Waals surface area contributed by atoms with Gasteiger partial charge >= 0.3 is 0 Å². The molecule has 12 rings (SSSR count). The highest BCUT2D eigenvalue weighted by atomic mass is 32.1. The van der Waals surface area contributed by atoms with E-state index in [1.165, 1.54) is 20.2 Å². The van der Waals surface area contributed by atoms with Crippen molar-refractivity contribution in [3.05, 3.63) is 217 Å². The molecule has 0 saturated carbocycles. The lowest BCUT2D eigenvalue weighted by molar-refractivity contribution is 1.06. The van der Waals surface area contributed by atoms with Gasteiger partial charge in [-0.15, -0.1) is 11.3 Å². The zero-order chi connectivity index (χ0) is 44.1. The third-order valence-electron chi connectivity index (χ3n) is 12.4. The van der Waals surface area contributed by atoms with E-state index >= 15 is 0 Å². The summed E-state index contributed by atoms with van der Waals surface area (Å²) in [5.41, 5.74) is 13.2. The quantitative estimate of drug-likeness (QED) is 0.159. The van der Waals surface area contributed by atoms with Crippen LogP contribution in [0.5, 0.6) is 0 Å². The Bertz CT molecular complexity index is 3760. The average molecular weight is 859 g/mol. The minimum absolute atomic E-state index is 0.557. The van der Waals surface area contributed by atoms with Crippen molar-refractivity contribution in [1.29, 1.82) is 10.5 Å². The maximum atomic E-state index is 9.55. The second-order valence-corrected chi connectivity index (χ2v) is 17.3. The number of hydrogen-bond donors (Lipinski definition) is 0. The van der Waals surface area contributed by atoms with Gasteiger partial charge in [0.1, 0.15) is 0 Å². The Labute approximate surface area is 384 Å². The molecule has 3 heterocycles. The van der Waals surface area contributed by atoms with Crippen LogP contribution < -0.4 is 0 Å². The Balaban J connectivity index is 1.15. The summed E-state index contributed by atoms with van der Waals surface area (Å²) >= 11 is 1.81. The lowest BCUT2D eigenvalue weighted by atomic mass is 9.99. The molecular formula is C59H34N6S. The molecule has 0 radical (unpaired) electrons. The van der Waals surface area contributed by atoms with Crippen molar-refractivity contribution in [2.75, 3.05) is 0 Å². The predicted molar refractivity (Wildman–Crippen MR) is 269 cm³/mol. The summed E-state index contributed by atoms with van der Waals surface area (Å²) in [5, 5.41) is 23.7. The van der Waals surface area contributed by atoms with Gasteiger partial charge < -0.3 is 4.57 Å². The molecule has 0 saturated heterocycles. The van der Waals surface area contributed by atoms with E-state index in [1.807, 2.05) is 121 Å². The normalized spacial score (nSPS) is 11.3. The first kappa shape index (κ1) is 38.6. The van der Waals surface area contributed by atoms with E-state index in [0.717, 1.165) is 77.6 Å². The van der Waals surface area contributed by atoms with Crippen molar-refractivity contribution >= 4 is 53.3 Å². The summed E-state index contributed by atoms with van der Waals surface area (Å²) in [7, 11) is 0.